The molecule has 5 rings (SSSR count). The van der Waals surface area contributed by atoms with Gasteiger partial charge in [-0.2, -0.15) is 0 Å². The Labute approximate surface area is 187 Å². The minimum atomic E-state index is -0.827. The van der Waals surface area contributed by atoms with Crippen molar-refractivity contribution in [3.63, 3.8) is 0 Å². The van der Waals surface area contributed by atoms with Crippen molar-refractivity contribution in [2.24, 2.45) is 0 Å². The van der Waals surface area contributed by atoms with Gasteiger partial charge in [0.25, 0.3) is 5.91 Å². The quantitative estimate of drug-likeness (QED) is 0.486. The van der Waals surface area contributed by atoms with Crippen molar-refractivity contribution in [1.82, 2.24) is 4.98 Å². The highest BCUT2D eigenvalue weighted by Crippen LogP contribution is 2.42. The van der Waals surface area contributed by atoms with E-state index in [9.17, 15) is 14.7 Å². The van der Waals surface area contributed by atoms with Crippen LogP contribution in [0.1, 0.15) is 34.6 Å². The number of aromatic hydroxyl groups is 1. The Morgan fingerprint density at radius 3 is 2.75 bits per heavy atom. The molecule has 0 saturated carbocycles. The number of nitrogens with zero attached hydrogens (tertiary/aromatic N) is 2. The Morgan fingerprint density at radius 2 is 2.00 bits per heavy atom. The van der Waals surface area contributed by atoms with Crippen LogP contribution in [0.4, 0.5) is 5.82 Å². The third kappa shape index (κ3) is 3.09. The fourth-order valence-electron chi connectivity index (χ4n) is 3.96. The number of anilines is 1. The fraction of sp³-hybridized carbons (Fsp3) is 0.125. The molecule has 0 aliphatic carbocycles. The Hall–Kier alpha value is -3.84. The maximum Gasteiger partial charge on any atom is 0.296 e. The van der Waals surface area contributed by atoms with Gasteiger partial charge in [0, 0.05) is 11.2 Å². The number of carbonyl (C=O) groups excluding carboxylic acids is 1. The number of pyridine rings is 1. The smallest absolute Gasteiger partial charge is 0.296 e. The van der Waals surface area contributed by atoms with E-state index in [1.165, 1.54) is 17.0 Å². The van der Waals surface area contributed by atoms with Crippen LogP contribution >= 0.6 is 11.6 Å². The van der Waals surface area contributed by atoms with Gasteiger partial charge >= 0.3 is 0 Å². The van der Waals surface area contributed by atoms with E-state index in [1.54, 1.807) is 55.6 Å². The average Bonchev–Trinajstić information content (AvgIpc) is 3.09. The molecule has 1 N–H and O–H groups in total. The van der Waals surface area contributed by atoms with E-state index in [-0.39, 0.29) is 39.2 Å². The molecule has 1 aliphatic rings. The Morgan fingerprint density at radius 1 is 1.16 bits per heavy atom. The predicted molar refractivity (Wildman–Crippen MR) is 120 cm³/mol. The first-order valence-electron chi connectivity index (χ1n) is 9.96. The minimum absolute atomic E-state index is 0.0399. The number of aromatic nitrogens is 1. The van der Waals surface area contributed by atoms with E-state index in [2.05, 4.69) is 4.98 Å². The molecule has 0 fully saturated rings. The third-order valence-corrected chi connectivity index (χ3v) is 5.56. The zero-order valence-electron chi connectivity index (χ0n) is 16.9. The van der Waals surface area contributed by atoms with Gasteiger partial charge in [-0.25, -0.2) is 4.98 Å². The second-order valence-corrected chi connectivity index (χ2v) is 7.68. The summed E-state index contributed by atoms with van der Waals surface area (Å²) in [6, 6.07) is 13.8. The molecule has 32 heavy (non-hydrogen) atoms. The first kappa shape index (κ1) is 20.1. The van der Waals surface area contributed by atoms with Gasteiger partial charge < -0.3 is 14.3 Å². The van der Waals surface area contributed by atoms with E-state index < -0.39 is 11.9 Å². The maximum atomic E-state index is 13.6. The topological polar surface area (TPSA) is 92.9 Å². The minimum Gasteiger partial charge on any atom is -0.504 e. The molecular weight excluding hydrogens is 432 g/mol. The van der Waals surface area contributed by atoms with Crippen LogP contribution in [0.2, 0.25) is 5.02 Å². The summed E-state index contributed by atoms with van der Waals surface area (Å²) in [6.45, 7) is 2.14. The Bertz CT molecular complexity index is 1420. The second-order valence-electron chi connectivity index (χ2n) is 7.24. The normalized spacial score (nSPS) is 15.2. The second kappa shape index (κ2) is 7.69. The first-order chi connectivity index (χ1) is 15.5. The van der Waals surface area contributed by atoms with Gasteiger partial charge in [-0.15, -0.1) is 0 Å². The van der Waals surface area contributed by atoms with Crippen LogP contribution in [0.5, 0.6) is 11.5 Å². The van der Waals surface area contributed by atoms with Crippen LogP contribution in [0.15, 0.2) is 70.0 Å². The highest BCUT2D eigenvalue weighted by Gasteiger charge is 2.44. The number of rotatable bonds is 4. The van der Waals surface area contributed by atoms with Gasteiger partial charge in [0.1, 0.15) is 11.4 Å². The molecule has 4 aromatic rings. The highest BCUT2D eigenvalue weighted by atomic mass is 35.5. The maximum absolute atomic E-state index is 13.6. The summed E-state index contributed by atoms with van der Waals surface area (Å²) in [5, 5.41) is 10.8. The lowest BCUT2D eigenvalue weighted by Crippen LogP contribution is -2.30. The zero-order valence-corrected chi connectivity index (χ0v) is 17.7. The molecule has 0 spiro atoms. The van der Waals surface area contributed by atoms with Gasteiger partial charge in [-0.05, 0) is 55.0 Å². The standard InChI is InChI=1S/C24H17ClN2O5/c1-2-31-18-11-13(6-8-16(18)28)21-20-22(29)15-12-14(25)7-9-17(15)32-23(20)24(30)27(21)19-5-3-4-10-26-19/h3-12,21,28H,2H2,1H3. The summed E-state index contributed by atoms with van der Waals surface area (Å²) in [5.41, 5.74) is 0.668. The molecule has 0 bridgehead atoms. The van der Waals surface area contributed by atoms with Crippen LogP contribution in [0, 0.1) is 0 Å². The van der Waals surface area contributed by atoms with Crippen molar-refractivity contribution < 1.29 is 19.1 Å². The molecule has 1 unspecified atom stereocenters. The summed E-state index contributed by atoms with van der Waals surface area (Å²) >= 11 is 6.11. The zero-order chi connectivity index (χ0) is 22.4. The molecular formula is C24H17ClN2O5. The van der Waals surface area contributed by atoms with Crippen LogP contribution in [0.3, 0.4) is 0 Å². The van der Waals surface area contributed by atoms with E-state index in [0.29, 0.717) is 23.0 Å². The van der Waals surface area contributed by atoms with E-state index in [0.717, 1.165) is 0 Å². The van der Waals surface area contributed by atoms with Crippen molar-refractivity contribution in [2.75, 3.05) is 11.5 Å². The molecule has 2 aromatic carbocycles. The molecule has 0 saturated heterocycles. The first-order valence-corrected chi connectivity index (χ1v) is 10.3. The Balaban J connectivity index is 1.81. The van der Waals surface area contributed by atoms with Crippen LogP contribution < -0.4 is 15.1 Å². The molecule has 1 amide bonds. The number of hydrogen-bond donors (Lipinski definition) is 1. The average molecular weight is 449 g/mol. The number of phenols is 1. The number of ether oxygens (including phenoxy) is 1. The molecule has 3 heterocycles. The van der Waals surface area contributed by atoms with Gasteiger partial charge in [0.2, 0.25) is 5.76 Å². The largest absolute Gasteiger partial charge is 0.504 e. The Kier molecular flexibility index (Phi) is 4.83. The van der Waals surface area contributed by atoms with Crippen molar-refractivity contribution in [2.45, 2.75) is 13.0 Å². The van der Waals surface area contributed by atoms with Crippen molar-refractivity contribution >= 4 is 34.3 Å². The molecule has 160 valence electrons. The molecule has 1 aliphatic heterocycles. The van der Waals surface area contributed by atoms with E-state index in [4.69, 9.17) is 20.8 Å². The van der Waals surface area contributed by atoms with Gasteiger partial charge in [-0.1, -0.05) is 23.7 Å². The van der Waals surface area contributed by atoms with Crippen LogP contribution in [-0.4, -0.2) is 22.6 Å². The van der Waals surface area contributed by atoms with Crippen LogP contribution in [-0.2, 0) is 0 Å². The SMILES string of the molecule is CCOc1cc(C2c3c(oc4ccc(Cl)cc4c3=O)C(=O)N2c2ccccn2)ccc1O. The molecule has 7 nitrogen and oxygen atoms in total. The fourth-order valence-corrected chi connectivity index (χ4v) is 4.14. The number of hydrogen-bond acceptors (Lipinski definition) is 6. The number of halogens is 1. The lowest BCUT2D eigenvalue weighted by molar-refractivity contribution is 0.0970. The third-order valence-electron chi connectivity index (χ3n) is 5.33. The van der Waals surface area contributed by atoms with Crippen molar-refractivity contribution in [3.05, 3.63) is 92.9 Å². The van der Waals surface area contributed by atoms with Crippen molar-refractivity contribution in [3.8, 4) is 11.5 Å². The van der Waals surface area contributed by atoms with Gasteiger partial charge in [-0.3, -0.25) is 14.5 Å². The number of phenolic OH excluding ortho intramolecular Hbond substituents is 1. The van der Waals surface area contributed by atoms with E-state index in [1.807, 2.05) is 0 Å². The molecule has 0 radical (unpaired) electrons. The number of benzene rings is 2. The van der Waals surface area contributed by atoms with Gasteiger partial charge in [0.05, 0.1) is 23.6 Å². The summed E-state index contributed by atoms with van der Waals surface area (Å²) in [4.78, 5) is 32.8. The van der Waals surface area contributed by atoms with Gasteiger partial charge in [0.15, 0.2) is 16.9 Å². The number of carbonyl (C=O) groups is 1. The van der Waals surface area contributed by atoms with Crippen molar-refractivity contribution in [1.29, 1.82) is 0 Å². The summed E-state index contributed by atoms with van der Waals surface area (Å²) < 4.78 is 11.4. The highest BCUT2D eigenvalue weighted by molar-refractivity contribution is 6.31. The number of fused-ring (bicyclic) bond motifs is 2. The summed E-state index contributed by atoms with van der Waals surface area (Å²) in [6.07, 6.45) is 1.57. The lowest BCUT2D eigenvalue weighted by Gasteiger charge is -2.24. The lowest BCUT2D eigenvalue weighted by atomic mass is 9.98. The molecule has 2 aromatic heterocycles. The summed E-state index contributed by atoms with van der Waals surface area (Å²) in [5.74, 6) is 0.0403. The summed E-state index contributed by atoms with van der Waals surface area (Å²) in [7, 11) is 0. The monoisotopic (exact) mass is 448 g/mol. The van der Waals surface area contributed by atoms with Crippen LogP contribution in [0.25, 0.3) is 11.0 Å². The predicted octanol–water partition coefficient (Wildman–Crippen LogP) is 4.70. The molecule has 8 heteroatoms. The number of amides is 1. The van der Waals surface area contributed by atoms with E-state index >= 15 is 0 Å². The molecule has 1 atom stereocenters.